The van der Waals surface area contributed by atoms with Crippen molar-refractivity contribution < 1.29 is 14.3 Å². The summed E-state index contributed by atoms with van der Waals surface area (Å²) in [6, 6.07) is 11.9. The summed E-state index contributed by atoms with van der Waals surface area (Å²) in [5, 5.41) is 13.1. The van der Waals surface area contributed by atoms with E-state index in [1.807, 2.05) is 31.7 Å². The smallest absolute Gasteiger partial charge is 0.337 e. The van der Waals surface area contributed by atoms with E-state index in [1.165, 1.54) is 6.07 Å². The lowest BCUT2D eigenvalue weighted by atomic mass is 10.1. The number of para-hydroxylation sites is 1. The molecule has 6 nitrogen and oxygen atoms in total. The maximum absolute atomic E-state index is 12.6. The van der Waals surface area contributed by atoms with Crippen LogP contribution in [0.2, 0.25) is 0 Å². The summed E-state index contributed by atoms with van der Waals surface area (Å²) in [4.78, 5) is 26.1. The van der Waals surface area contributed by atoms with Crippen LogP contribution in [0.25, 0.3) is 11.0 Å². The summed E-state index contributed by atoms with van der Waals surface area (Å²) in [6.07, 6.45) is 0. The van der Waals surface area contributed by atoms with E-state index in [1.54, 1.807) is 30.3 Å². The van der Waals surface area contributed by atoms with E-state index in [0.29, 0.717) is 41.3 Å². The number of hydrogen-bond acceptors (Lipinski definition) is 5. The van der Waals surface area contributed by atoms with E-state index in [4.69, 9.17) is 4.42 Å². The first-order chi connectivity index (χ1) is 13.0. The van der Waals surface area contributed by atoms with Crippen molar-refractivity contribution in [1.29, 1.82) is 0 Å². The average molecular weight is 366 g/mol. The lowest BCUT2D eigenvalue weighted by molar-refractivity contribution is 0.0697. The third-order valence-corrected chi connectivity index (χ3v) is 4.34. The summed E-state index contributed by atoms with van der Waals surface area (Å²) in [6.45, 7) is 6.88. The Morgan fingerprint density at radius 2 is 1.89 bits per heavy atom. The van der Waals surface area contributed by atoms with E-state index >= 15 is 0 Å². The molecule has 0 atom stereocenters. The van der Waals surface area contributed by atoms with Crippen molar-refractivity contribution in [3.8, 4) is 0 Å². The number of anilines is 3. The van der Waals surface area contributed by atoms with Crippen molar-refractivity contribution in [2.75, 3.05) is 23.3 Å². The van der Waals surface area contributed by atoms with Gasteiger partial charge < -0.3 is 19.7 Å². The normalized spacial score (nSPS) is 10.8. The van der Waals surface area contributed by atoms with Crippen LogP contribution in [0, 0.1) is 6.92 Å². The van der Waals surface area contributed by atoms with Crippen LogP contribution < -0.4 is 15.6 Å². The van der Waals surface area contributed by atoms with Crippen LogP contribution in [0.3, 0.4) is 0 Å². The molecule has 0 amide bonds. The molecule has 2 aromatic carbocycles. The molecular formula is C21H22N2O4. The van der Waals surface area contributed by atoms with Crippen LogP contribution in [-0.2, 0) is 0 Å². The molecular weight excluding hydrogens is 344 g/mol. The van der Waals surface area contributed by atoms with Crippen LogP contribution in [0.4, 0.5) is 17.3 Å². The van der Waals surface area contributed by atoms with Gasteiger partial charge in [-0.15, -0.1) is 0 Å². The van der Waals surface area contributed by atoms with E-state index in [2.05, 4.69) is 5.32 Å². The Hall–Kier alpha value is -3.28. The zero-order chi connectivity index (χ0) is 19.6. The number of aryl methyl sites for hydroxylation is 1. The van der Waals surface area contributed by atoms with Crippen LogP contribution in [-0.4, -0.2) is 24.2 Å². The number of nitrogens with one attached hydrogen (secondary N) is 1. The number of carboxylic acids is 1. The van der Waals surface area contributed by atoms with Gasteiger partial charge in [0.25, 0.3) is 0 Å². The van der Waals surface area contributed by atoms with E-state index in [-0.39, 0.29) is 11.0 Å². The molecule has 0 aliphatic carbocycles. The van der Waals surface area contributed by atoms with Crippen molar-refractivity contribution in [3.05, 3.63) is 63.8 Å². The van der Waals surface area contributed by atoms with E-state index in [0.717, 1.165) is 5.56 Å². The SMILES string of the molecule is CCNc1cc(=O)c2cc(C)cc(N(CC)c3ccccc3C(=O)O)c2o1. The number of fused-ring (bicyclic) bond motifs is 1. The van der Waals surface area contributed by atoms with Gasteiger partial charge in [0.2, 0.25) is 0 Å². The fourth-order valence-electron chi connectivity index (χ4n) is 3.20. The minimum Gasteiger partial charge on any atom is -0.478 e. The van der Waals surface area contributed by atoms with Gasteiger partial charge in [0, 0.05) is 19.2 Å². The highest BCUT2D eigenvalue weighted by atomic mass is 16.4. The summed E-state index contributed by atoms with van der Waals surface area (Å²) in [5.74, 6) is -0.613. The number of benzene rings is 2. The molecule has 3 rings (SSSR count). The topological polar surface area (TPSA) is 82.8 Å². The quantitative estimate of drug-likeness (QED) is 0.673. The van der Waals surface area contributed by atoms with Crippen molar-refractivity contribution >= 4 is 34.2 Å². The molecule has 1 aromatic heterocycles. The van der Waals surface area contributed by atoms with E-state index in [9.17, 15) is 14.7 Å². The molecule has 0 radical (unpaired) electrons. The Kier molecular flexibility index (Phi) is 5.16. The Bertz CT molecular complexity index is 1060. The van der Waals surface area contributed by atoms with Crippen LogP contribution in [0.5, 0.6) is 0 Å². The van der Waals surface area contributed by atoms with Crippen LogP contribution in [0.15, 0.2) is 51.7 Å². The number of rotatable bonds is 6. The molecule has 0 saturated heterocycles. The van der Waals surface area contributed by atoms with Gasteiger partial charge in [-0.1, -0.05) is 12.1 Å². The second-order valence-corrected chi connectivity index (χ2v) is 6.23. The van der Waals surface area contributed by atoms with E-state index < -0.39 is 5.97 Å². The molecule has 0 saturated carbocycles. The molecule has 0 aliphatic heterocycles. The largest absolute Gasteiger partial charge is 0.478 e. The number of nitrogens with zero attached hydrogens (tertiary/aromatic N) is 1. The molecule has 27 heavy (non-hydrogen) atoms. The highest BCUT2D eigenvalue weighted by Gasteiger charge is 2.20. The second kappa shape index (κ2) is 7.53. The summed E-state index contributed by atoms with van der Waals surface area (Å²) >= 11 is 0. The third-order valence-electron chi connectivity index (χ3n) is 4.34. The monoisotopic (exact) mass is 366 g/mol. The van der Waals surface area contributed by atoms with Crippen LogP contribution in [0.1, 0.15) is 29.8 Å². The van der Waals surface area contributed by atoms with Crippen LogP contribution >= 0.6 is 0 Å². The van der Waals surface area contributed by atoms with Gasteiger partial charge in [-0.2, -0.15) is 0 Å². The van der Waals surface area contributed by atoms with Gasteiger partial charge in [-0.05, 0) is 50.6 Å². The maximum Gasteiger partial charge on any atom is 0.337 e. The molecule has 0 bridgehead atoms. The predicted molar refractivity (Wildman–Crippen MR) is 107 cm³/mol. The summed E-state index contributed by atoms with van der Waals surface area (Å²) in [5.41, 5.74) is 2.60. The first kappa shape index (κ1) is 18.5. The molecule has 0 spiro atoms. The number of carboxylic acid groups (broad SMARTS) is 1. The highest BCUT2D eigenvalue weighted by molar-refractivity contribution is 5.99. The third kappa shape index (κ3) is 3.51. The standard InChI is InChI=1S/C21H22N2O4/c1-4-22-19-12-18(24)15-10-13(3)11-17(20(15)27-19)23(5-2)16-9-7-6-8-14(16)21(25)26/h6-12,22H,4-5H2,1-3H3,(H,25,26). The minimum absolute atomic E-state index is 0.139. The lowest BCUT2D eigenvalue weighted by Crippen LogP contribution is -2.20. The van der Waals surface area contributed by atoms with Gasteiger partial charge in [-0.25, -0.2) is 4.79 Å². The molecule has 0 aliphatic rings. The summed E-state index contributed by atoms with van der Waals surface area (Å²) in [7, 11) is 0. The highest BCUT2D eigenvalue weighted by Crippen LogP contribution is 2.35. The predicted octanol–water partition coefficient (Wildman–Crippen LogP) is 4.39. The van der Waals surface area contributed by atoms with Gasteiger partial charge in [0.1, 0.15) is 0 Å². The number of carbonyl (C=O) groups is 1. The zero-order valence-corrected chi connectivity index (χ0v) is 15.6. The fraction of sp³-hybridized carbons (Fsp3) is 0.238. The minimum atomic E-state index is -1.00. The first-order valence-electron chi connectivity index (χ1n) is 8.88. The Balaban J connectivity index is 2.31. The average Bonchev–Trinajstić information content (AvgIpc) is 2.64. The van der Waals surface area contributed by atoms with Gasteiger partial charge in [-0.3, -0.25) is 4.79 Å². The van der Waals surface area contributed by atoms with Gasteiger partial charge in [0.15, 0.2) is 16.9 Å². The number of aromatic carboxylic acids is 1. The molecule has 0 fully saturated rings. The molecule has 0 unspecified atom stereocenters. The number of hydrogen-bond donors (Lipinski definition) is 2. The zero-order valence-electron chi connectivity index (χ0n) is 15.6. The fourth-order valence-corrected chi connectivity index (χ4v) is 3.20. The second-order valence-electron chi connectivity index (χ2n) is 6.23. The van der Waals surface area contributed by atoms with Crippen molar-refractivity contribution in [1.82, 2.24) is 0 Å². The lowest BCUT2D eigenvalue weighted by Gasteiger charge is -2.26. The molecule has 1 heterocycles. The molecule has 2 N–H and O–H groups in total. The molecule has 6 heteroatoms. The van der Waals surface area contributed by atoms with Crippen molar-refractivity contribution in [3.63, 3.8) is 0 Å². The first-order valence-corrected chi connectivity index (χ1v) is 8.88. The Morgan fingerprint density at radius 3 is 2.56 bits per heavy atom. The molecule has 140 valence electrons. The summed E-state index contributed by atoms with van der Waals surface area (Å²) < 4.78 is 5.97. The van der Waals surface area contributed by atoms with Crippen molar-refractivity contribution in [2.45, 2.75) is 20.8 Å². The Morgan fingerprint density at radius 1 is 1.15 bits per heavy atom. The maximum atomic E-state index is 12.6. The Labute approximate surface area is 157 Å². The van der Waals surface area contributed by atoms with Crippen molar-refractivity contribution in [2.24, 2.45) is 0 Å². The van der Waals surface area contributed by atoms with Gasteiger partial charge in [0.05, 0.1) is 22.3 Å². The molecule has 3 aromatic rings. The van der Waals surface area contributed by atoms with Gasteiger partial charge >= 0.3 is 5.97 Å².